The lowest BCUT2D eigenvalue weighted by Gasteiger charge is -2.35. The van der Waals surface area contributed by atoms with Crippen LogP contribution in [-0.2, 0) is 5.41 Å². The minimum atomic E-state index is -0.517. The van der Waals surface area contributed by atoms with Crippen LogP contribution < -0.4 is 4.90 Å². The van der Waals surface area contributed by atoms with Gasteiger partial charge in [-0.15, -0.1) is 0 Å². The lowest BCUT2D eigenvalue weighted by Crippen LogP contribution is -2.28. The maximum Gasteiger partial charge on any atom is 0.143 e. The van der Waals surface area contributed by atoms with Gasteiger partial charge in [0.25, 0.3) is 0 Å². The third kappa shape index (κ3) is 5.50. The molecule has 0 atom stereocenters. The van der Waals surface area contributed by atoms with Gasteiger partial charge in [0.1, 0.15) is 11.2 Å². The highest BCUT2D eigenvalue weighted by atomic mass is 16.3. The summed E-state index contributed by atoms with van der Waals surface area (Å²) in [6, 6.07) is 86.0. The van der Waals surface area contributed by atoms with Crippen LogP contribution in [0.3, 0.4) is 0 Å². The van der Waals surface area contributed by atoms with Crippen LogP contribution in [0.15, 0.2) is 241 Å². The van der Waals surface area contributed by atoms with Gasteiger partial charge >= 0.3 is 0 Å². The summed E-state index contributed by atoms with van der Waals surface area (Å²) in [5.41, 5.74) is 16.8. The zero-order valence-corrected chi connectivity index (χ0v) is 33.4. The van der Waals surface area contributed by atoms with Crippen LogP contribution in [0.2, 0.25) is 0 Å². The molecule has 2 nitrogen and oxygen atoms in total. The van der Waals surface area contributed by atoms with E-state index >= 15 is 0 Å². The number of anilines is 3. The van der Waals surface area contributed by atoms with Crippen molar-refractivity contribution in [1.82, 2.24) is 0 Å². The van der Waals surface area contributed by atoms with E-state index in [0.717, 1.165) is 55.5 Å². The molecule has 0 amide bonds. The van der Waals surface area contributed by atoms with Crippen LogP contribution in [0, 0.1) is 0 Å². The Bertz CT molecular complexity index is 3360. The monoisotopic (exact) mass is 777 g/mol. The van der Waals surface area contributed by atoms with Gasteiger partial charge in [-0.2, -0.15) is 0 Å². The number of hydrogen-bond acceptors (Lipinski definition) is 2. The summed E-state index contributed by atoms with van der Waals surface area (Å²) in [6.45, 7) is 0. The van der Waals surface area contributed by atoms with Crippen molar-refractivity contribution in [3.63, 3.8) is 0 Å². The van der Waals surface area contributed by atoms with Crippen molar-refractivity contribution < 1.29 is 4.42 Å². The molecule has 0 N–H and O–H groups in total. The van der Waals surface area contributed by atoms with Gasteiger partial charge in [-0.05, 0) is 110 Å². The van der Waals surface area contributed by atoms with E-state index in [0.29, 0.717) is 0 Å². The number of benzene rings is 10. The first-order valence-electron chi connectivity index (χ1n) is 21.0. The summed E-state index contributed by atoms with van der Waals surface area (Å²) >= 11 is 0. The van der Waals surface area contributed by atoms with Crippen LogP contribution in [0.25, 0.3) is 66.1 Å². The average molecular weight is 778 g/mol. The number of rotatable bonds is 7. The predicted molar refractivity (Wildman–Crippen MR) is 254 cm³/mol. The quantitative estimate of drug-likeness (QED) is 0.160. The maximum atomic E-state index is 6.64. The molecule has 11 aromatic rings. The third-order valence-electron chi connectivity index (χ3n) is 12.7. The third-order valence-corrected chi connectivity index (χ3v) is 12.7. The molecule has 1 aliphatic rings. The average Bonchev–Trinajstić information content (AvgIpc) is 3.87. The molecule has 1 heterocycles. The molecule has 1 aromatic heterocycles. The van der Waals surface area contributed by atoms with Crippen LogP contribution in [0.4, 0.5) is 17.1 Å². The fourth-order valence-electron chi connectivity index (χ4n) is 10.1. The van der Waals surface area contributed by atoms with Crippen molar-refractivity contribution in [1.29, 1.82) is 0 Å². The Labute approximate surface area is 355 Å². The molecule has 12 rings (SSSR count). The van der Waals surface area contributed by atoms with E-state index in [2.05, 4.69) is 241 Å². The molecule has 0 aliphatic heterocycles. The molecule has 0 saturated heterocycles. The molecule has 0 bridgehead atoms. The zero-order chi connectivity index (χ0) is 40.3. The van der Waals surface area contributed by atoms with E-state index in [9.17, 15) is 0 Å². The first-order valence-corrected chi connectivity index (χ1v) is 21.0. The highest BCUT2D eigenvalue weighted by molar-refractivity contribution is 6.19. The van der Waals surface area contributed by atoms with Crippen molar-refractivity contribution in [3.05, 3.63) is 259 Å². The fourth-order valence-corrected chi connectivity index (χ4v) is 10.1. The van der Waals surface area contributed by atoms with Gasteiger partial charge in [-0.1, -0.05) is 188 Å². The minimum Gasteiger partial charge on any atom is -0.455 e. The highest BCUT2D eigenvalue weighted by Crippen LogP contribution is 2.57. The molecule has 0 saturated carbocycles. The van der Waals surface area contributed by atoms with Gasteiger partial charge in [0.15, 0.2) is 0 Å². The number of fused-ring (bicyclic) bond motifs is 8. The topological polar surface area (TPSA) is 16.4 Å². The van der Waals surface area contributed by atoms with Crippen molar-refractivity contribution in [2.24, 2.45) is 0 Å². The number of nitrogens with zero attached hydrogens (tertiary/aromatic N) is 1. The summed E-state index contributed by atoms with van der Waals surface area (Å²) in [7, 11) is 0. The molecular formula is C59H39NO. The van der Waals surface area contributed by atoms with E-state index in [1.165, 1.54) is 49.9 Å². The Balaban J connectivity index is 1.08. The van der Waals surface area contributed by atoms with Gasteiger partial charge in [0.2, 0.25) is 0 Å². The summed E-state index contributed by atoms with van der Waals surface area (Å²) in [6.07, 6.45) is 0. The molecule has 0 spiro atoms. The van der Waals surface area contributed by atoms with Crippen molar-refractivity contribution in [3.8, 4) is 33.4 Å². The lowest BCUT2D eigenvalue weighted by molar-refractivity contribution is 0.673. The second-order valence-corrected chi connectivity index (χ2v) is 16.0. The number of hydrogen-bond donors (Lipinski definition) is 0. The molecule has 0 unspecified atom stereocenters. The highest BCUT2D eigenvalue weighted by Gasteiger charge is 2.46. The molecule has 0 fully saturated rings. The maximum absolute atomic E-state index is 6.64. The van der Waals surface area contributed by atoms with Crippen LogP contribution in [0.1, 0.15) is 22.3 Å². The lowest BCUT2D eigenvalue weighted by atomic mass is 9.67. The summed E-state index contributed by atoms with van der Waals surface area (Å²) in [5.74, 6) is 0. The first kappa shape index (κ1) is 35.0. The molecular weight excluding hydrogens is 739 g/mol. The molecule has 286 valence electrons. The Hall–Kier alpha value is -7.94. The van der Waals surface area contributed by atoms with Gasteiger partial charge in [-0.3, -0.25) is 0 Å². The van der Waals surface area contributed by atoms with E-state index in [1.54, 1.807) is 0 Å². The molecule has 61 heavy (non-hydrogen) atoms. The number of furan rings is 1. The van der Waals surface area contributed by atoms with Crippen LogP contribution >= 0.6 is 0 Å². The second kappa shape index (κ2) is 14.1. The SMILES string of the molecule is c1ccc(-c2ccc(N(c3cccc(-c4cccc5oc6c7ccccc7ccc6c45)c3)c3ccc4c(c3)C(c3ccccc3)(c3ccccc3)c3ccccc3-4)cc2)cc1. The molecule has 0 radical (unpaired) electrons. The first-order chi connectivity index (χ1) is 30.3. The predicted octanol–water partition coefficient (Wildman–Crippen LogP) is 15.9. The largest absolute Gasteiger partial charge is 0.455 e. The van der Waals surface area contributed by atoms with Gasteiger partial charge in [0, 0.05) is 33.2 Å². The van der Waals surface area contributed by atoms with Crippen LogP contribution in [-0.4, -0.2) is 0 Å². The van der Waals surface area contributed by atoms with Crippen molar-refractivity contribution >= 4 is 49.8 Å². The van der Waals surface area contributed by atoms with E-state index in [-0.39, 0.29) is 0 Å². The van der Waals surface area contributed by atoms with Gasteiger partial charge in [-0.25, -0.2) is 0 Å². The molecule has 10 aromatic carbocycles. The Kier molecular flexibility index (Phi) is 8.11. The molecule has 1 aliphatic carbocycles. The van der Waals surface area contributed by atoms with Gasteiger partial charge < -0.3 is 9.32 Å². The Morgan fingerprint density at radius 2 is 0.934 bits per heavy atom. The van der Waals surface area contributed by atoms with E-state index in [4.69, 9.17) is 4.42 Å². The summed E-state index contributed by atoms with van der Waals surface area (Å²) in [4.78, 5) is 2.42. The van der Waals surface area contributed by atoms with Crippen molar-refractivity contribution in [2.75, 3.05) is 4.90 Å². The zero-order valence-electron chi connectivity index (χ0n) is 33.4. The Morgan fingerprint density at radius 3 is 1.72 bits per heavy atom. The fraction of sp³-hybridized carbons (Fsp3) is 0.0169. The van der Waals surface area contributed by atoms with E-state index < -0.39 is 5.41 Å². The van der Waals surface area contributed by atoms with Gasteiger partial charge in [0.05, 0.1) is 5.41 Å². The minimum absolute atomic E-state index is 0.517. The summed E-state index contributed by atoms with van der Waals surface area (Å²) < 4.78 is 6.64. The standard InChI is InChI=1S/C59H39NO/c1-4-16-40(17-5-1)41-30-33-46(34-31-41)60(47-24-14-19-43(38-47)49-27-15-29-56-57(49)53-36-32-42-18-10-11-25-50(42)58(53)61-56)48-35-37-52-51-26-12-13-28-54(51)59(55(52)39-48,44-20-6-2-7-21-44)45-22-8-3-9-23-45/h1-39H. The van der Waals surface area contributed by atoms with E-state index in [1.807, 2.05) is 0 Å². The Morgan fingerprint density at radius 1 is 0.344 bits per heavy atom. The smallest absolute Gasteiger partial charge is 0.143 e. The van der Waals surface area contributed by atoms with Crippen molar-refractivity contribution in [2.45, 2.75) is 5.41 Å². The molecule has 2 heteroatoms. The normalized spacial score (nSPS) is 12.7. The van der Waals surface area contributed by atoms with Crippen LogP contribution in [0.5, 0.6) is 0 Å². The second-order valence-electron chi connectivity index (χ2n) is 16.0. The summed E-state index contributed by atoms with van der Waals surface area (Å²) in [5, 5.41) is 4.55.